The van der Waals surface area contributed by atoms with Gasteiger partial charge in [-0.25, -0.2) is 8.42 Å². The van der Waals surface area contributed by atoms with Gasteiger partial charge in [0.2, 0.25) is 10.0 Å². The summed E-state index contributed by atoms with van der Waals surface area (Å²) < 4.78 is 27.0. The maximum atomic E-state index is 12.7. The van der Waals surface area contributed by atoms with Crippen LogP contribution < -0.4 is 5.32 Å². The number of benzene rings is 1. The van der Waals surface area contributed by atoms with Crippen LogP contribution in [0.2, 0.25) is 0 Å². The second kappa shape index (κ2) is 4.58. The summed E-state index contributed by atoms with van der Waals surface area (Å²) >= 11 is 0. The van der Waals surface area contributed by atoms with Crippen molar-refractivity contribution < 1.29 is 8.42 Å². The molecule has 2 fully saturated rings. The maximum Gasteiger partial charge on any atom is 0.243 e. The van der Waals surface area contributed by atoms with Crippen molar-refractivity contribution in [2.75, 3.05) is 26.2 Å². The maximum absolute atomic E-state index is 12.7. The Bertz CT molecular complexity index is 562. The van der Waals surface area contributed by atoms with Crippen LogP contribution in [0.15, 0.2) is 29.2 Å². The molecule has 1 aliphatic carbocycles. The molecular weight excluding hydrogens is 260 g/mol. The largest absolute Gasteiger partial charge is 0.315 e. The van der Waals surface area contributed by atoms with Crippen molar-refractivity contribution >= 4 is 10.0 Å². The highest BCUT2D eigenvalue weighted by Gasteiger charge is 2.46. The summed E-state index contributed by atoms with van der Waals surface area (Å²) in [6.07, 6.45) is 2.28. The second-order valence-electron chi connectivity index (χ2n) is 5.83. The highest BCUT2D eigenvalue weighted by Crippen LogP contribution is 2.46. The van der Waals surface area contributed by atoms with Gasteiger partial charge in [0, 0.05) is 26.2 Å². The minimum Gasteiger partial charge on any atom is -0.315 e. The zero-order valence-corrected chi connectivity index (χ0v) is 12.0. The van der Waals surface area contributed by atoms with E-state index in [0.29, 0.717) is 18.0 Å². The van der Waals surface area contributed by atoms with Gasteiger partial charge in [0.1, 0.15) is 0 Å². The Morgan fingerprint density at radius 2 is 1.89 bits per heavy atom. The van der Waals surface area contributed by atoms with E-state index in [2.05, 4.69) is 5.32 Å². The van der Waals surface area contributed by atoms with Gasteiger partial charge in [-0.1, -0.05) is 17.7 Å². The average Bonchev–Trinajstić information content (AvgIpc) is 3.17. The molecule has 3 rings (SSSR count). The number of aryl methyl sites for hydroxylation is 1. The van der Waals surface area contributed by atoms with E-state index in [1.807, 2.05) is 19.1 Å². The average molecular weight is 280 g/mol. The summed E-state index contributed by atoms with van der Waals surface area (Å²) in [5.74, 6) is 0. The van der Waals surface area contributed by atoms with Crippen LogP contribution >= 0.6 is 0 Å². The first-order chi connectivity index (χ1) is 9.02. The lowest BCUT2D eigenvalue weighted by molar-refractivity contribution is 0.363. The van der Waals surface area contributed by atoms with Crippen LogP contribution in [0, 0.1) is 12.3 Å². The quantitative estimate of drug-likeness (QED) is 0.890. The zero-order chi connectivity index (χ0) is 13.5. The molecule has 1 aromatic carbocycles. The van der Waals surface area contributed by atoms with Crippen molar-refractivity contribution in [2.24, 2.45) is 5.41 Å². The third kappa shape index (κ3) is 2.55. The Kier molecular flexibility index (Phi) is 3.15. The molecule has 19 heavy (non-hydrogen) atoms. The highest BCUT2D eigenvalue weighted by atomic mass is 32.2. The zero-order valence-electron chi connectivity index (χ0n) is 11.2. The first-order valence-corrected chi connectivity index (χ1v) is 8.24. The fourth-order valence-electron chi connectivity index (χ4n) is 2.64. The summed E-state index contributed by atoms with van der Waals surface area (Å²) in [4.78, 5) is 0.413. The van der Waals surface area contributed by atoms with Gasteiger partial charge in [-0.05, 0) is 37.3 Å². The third-order valence-electron chi connectivity index (χ3n) is 4.17. The molecule has 4 nitrogen and oxygen atoms in total. The molecule has 2 aliphatic rings. The standard InChI is InChI=1S/C14H20N2O2S/c1-12-2-4-13(5-3-12)19(17,18)16-9-8-15-10-14(11-16)6-7-14/h2-5,15H,6-11H2,1H3. The van der Waals surface area contributed by atoms with Crippen molar-refractivity contribution in [2.45, 2.75) is 24.7 Å². The number of rotatable bonds is 2. The van der Waals surface area contributed by atoms with Crippen LogP contribution in [0.3, 0.4) is 0 Å². The van der Waals surface area contributed by atoms with Crippen molar-refractivity contribution in [1.29, 1.82) is 0 Å². The molecule has 5 heteroatoms. The summed E-state index contributed by atoms with van der Waals surface area (Å²) in [5, 5.41) is 3.36. The fraction of sp³-hybridized carbons (Fsp3) is 0.571. The van der Waals surface area contributed by atoms with E-state index in [4.69, 9.17) is 0 Å². The molecule has 0 atom stereocenters. The Balaban J connectivity index is 1.88. The molecule has 0 radical (unpaired) electrons. The molecule has 0 bridgehead atoms. The molecule has 1 saturated heterocycles. The van der Waals surface area contributed by atoms with Crippen LogP contribution in [-0.4, -0.2) is 38.9 Å². The fourth-order valence-corrected chi connectivity index (χ4v) is 4.20. The Morgan fingerprint density at radius 3 is 2.53 bits per heavy atom. The van der Waals surface area contributed by atoms with Gasteiger partial charge >= 0.3 is 0 Å². The molecule has 1 aromatic rings. The van der Waals surface area contributed by atoms with E-state index in [1.54, 1.807) is 16.4 Å². The molecular formula is C14H20N2O2S. The smallest absolute Gasteiger partial charge is 0.243 e. The van der Waals surface area contributed by atoms with Gasteiger partial charge in [-0.3, -0.25) is 0 Å². The second-order valence-corrected chi connectivity index (χ2v) is 7.77. The molecule has 1 aliphatic heterocycles. The Labute approximate surface area is 114 Å². The van der Waals surface area contributed by atoms with Crippen LogP contribution in [0.25, 0.3) is 0 Å². The molecule has 1 saturated carbocycles. The number of sulfonamides is 1. The van der Waals surface area contributed by atoms with E-state index in [-0.39, 0.29) is 5.41 Å². The number of hydrogen-bond acceptors (Lipinski definition) is 3. The minimum absolute atomic E-state index is 0.203. The third-order valence-corrected chi connectivity index (χ3v) is 6.03. The molecule has 0 amide bonds. The SMILES string of the molecule is Cc1ccc(S(=O)(=O)N2CCNCC3(CC3)C2)cc1. The molecule has 1 spiro atoms. The lowest BCUT2D eigenvalue weighted by atomic mass is 10.1. The summed E-state index contributed by atoms with van der Waals surface area (Å²) in [5.41, 5.74) is 1.28. The lowest BCUT2D eigenvalue weighted by Gasteiger charge is -2.23. The summed E-state index contributed by atoms with van der Waals surface area (Å²) in [6, 6.07) is 7.14. The van der Waals surface area contributed by atoms with Crippen LogP contribution in [0.5, 0.6) is 0 Å². The van der Waals surface area contributed by atoms with Crippen LogP contribution in [0.1, 0.15) is 18.4 Å². The van der Waals surface area contributed by atoms with Crippen LogP contribution in [0.4, 0.5) is 0 Å². The van der Waals surface area contributed by atoms with Crippen molar-refractivity contribution in [3.8, 4) is 0 Å². The molecule has 104 valence electrons. The van der Waals surface area contributed by atoms with Gasteiger partial charge in [0.15, 0.2) is 0 Å². The lowest BCUT2D eigenvalue weighted by Crippen LogP contribution is -2.36. The number of nitrogens with zero attached hydrogens (tertiary/aromatic N) is 1. The molecule has 1 heterocycles. The highest BCUT2D eigenvalue weighted by molar-refractivity contribution is 7.89. The van der Waals surface area contributed by atoms with Gasteiger partial charge < -0.3 is 5.32 Å². The monoisotopic (exact) mass is 280 g/mol. The normalized spacial score (nSPS) is 23.2. The Morgan fingerprint density at radius 1 is 1.21 bits per heavy atom. The molecule has 0 unspecified atom stereocenters. The van der Waals surface area contributed by atoms with Crippen molar-refractivity contribution in [1.82, 2.24) is 9.62 Å². The van der Waals surface area contributed by atoms with E-state index >= 15 is 0 Å². The number of hydrogen-bond donors (Lipinski definition) is 1. The molecule has 0 aromatic heterocycles. The van der Waals surface area contributed by atoms with E-state index in [1.165, 1.54) is 0 Å². The minimum atomic E-state index is -3.34. The van der Waals surface area contributed by atoms with Gasteiger partial charge in [-0.15, -0.1) is 0 Å². The first kappa shape index (κ1) is 13.1. The van der Waals surface area contributed by atoms with E-state index in [9.17, 15) is 8.42 Å². The summed E-state index contributed by atoms with van der Waals surface area (Å²) in [7, 11) is -3.34. The van der Waals surface area contributed by atoms with E-state index in [0.717, 1.165) is 31.5 Å². The van der Waals surface area contributed by atoms with Crippen LogP contribution in [-0.2, 0) is 10.0 Å². The predicted octanol–water partition coefficient (Wildman–Crippen LogP) is 1.37. The summed E-state index contributed by atoms with van der Waals surface area (Å²) in [6.45, 7) is 4.89. The van der Waals surface area contributed by atoms with Gasteiger partial charge in [0.25, 0.3) is 0 Å². The van der Waals surface area contributed by atoms with Gasteiger partial charge in [0.05, 0.1) is 4.90 Å². The first-order valence-electron chi connectivity index (χ1n) is 6.80. The molecule has 1 N–H and O–H groups in total. The van der Waals surface area contributed by atoms with Crippen molar-refractivity contribution in [3.05, 3.63) is 29.8 Å². The van der Waals surface area contributed by atoms with E-state index < -0.39 is 10.0 Å². The predicted molar refractivity (Wildman–Crippen MR) is 74.5 cm³/mol. The van der Waals surface area contributed by atoms with Crippen molar-refractivity contribution in [3.63, 3.8) is 0 Å². The number of nitrogens with one attached hydrogen (secondary N) is 1. The van der Waals surface area contributed by atoms with Gasteiger partial charge in [-0.2, -0.15) is 4.31 Å². The topological polar surface area (TPSA) is 49.4 Å². The Hall–Kier alpha value is -0.910.